The van der Waals surface area contributed by atoms with Gasteiger partial charge in [0.2, 0.25) is 0 Å². The van der Waals surface area contributed by atoms with Crippen LogP contribution >= 0.6 is 11.6 Å². The summed E-state index contributed by atoms with van der Waals surface area (Å²) in [6.07, 6.45) is 0. The van der Waals surface area contributed by atoms with Crippen LogP contribution in [0.4, 0.5) is 4.39 Å². The molecule has 1 heterocycles. The predicted octanol–water partition coefficient (Wildman–Crippen LogP) is 4.12. The molecule has 0 aliphatic heterocycles. The molecule has 3 rings (SSSR count). The maximum Gasteiger partial charge on any atom is 0.168 e. The van der Waals surface area contributed by atoms with E-state index in [1.807, 2.05) is 41.8 Å². The monoisotopic (exact) mass is 301 g/mol. The molecule has 0 saturated heterocycles. The van der Waals surface area contributed by atoms with Gasteiger partial charge in [-0.1, -0.05) is 18.2 Å². The maximum atomic E-state index is 13.3. The number of aryl methyl sites for hydroxylation is 1. The Bertz CT molecular complexity index is 768. The summed E-state index contributed by atoms with van der Waals surface area (Å²) in [4.78, 5) is 0. The molecule has 0 bridgehead atoms. The third-order valence-corrected chi connectivity index (χ3v) is 3.53. The summed E-state index contributed by atoms with van der Waals surface area (Å²) >= 11 is 5.96. The Balaban J connectivity index is 2.22. The van der Waals surface area contributed by atoms with Gasteiger partial charge in [-0.3, -0.25) is 4.57 Å². The number of benzene rings is 2. The molecule has 3 aromatic rings. The van der Waals surface area contributed by atoms with Gasteiger partial charge in [0, 0.05) is 11.3 Å². The van der Waals surface area contributed by atoms with Crippen LogP contribution in [0.3, 0.4) is 0 Å². The van der Waals surface area contributed by atoms with E-state index in [9.17, 15) is 4.39 Å². The molecule has 0 N–H and O–H groups in total. The fourth-order valence-electron chi connectivity index (χ4n) is 2.30. The van der Waals surface area contributed by atoms with Crippen LogP contribution in [0.1, 0.15) is 11.4 Å². The fraction of sp³-hybridized carbons (Fsp3) is 0.125. The van der Waals surface area contributed by atoms with Gasteiger partial charge >= 0.3 is 0 Å². The third-order valence-electron chi connectivity index (χ3n) is 3.29. The Morgan fingerprint density at radius 3 is 2.52 bits per heavy atom. The van der Waals surface area contributed by atoms with Gasteiger partial charge in [0.1, 0.15) is 5.82 Å². The lowest BCUT2D eigenvalue weighted by molar-refractivity contribution is 0.627. The summed E-state index contributed by atoms with van der Waals surface area (Å²) in [6, 6.07) is 14.4. The van der Waals surface area contributed by atoms with Crippen LogP contribution in [0.5, 0.6) is 0 Å². The Labute approximate surface area is 127 Å². The Morgan fingerprint density at radius 2 is 1.86 bits per heavy atom. The van der Waals surface area contributed by atoms with Crippen LogP contribution in [0, 0.1) is 12.7 Å². The summed E-state index contributed by atoms with van der Waals surface area (Å²) in [6.45, 7) is 1.85. The van der Waals surface area contributed by atoms with Crippen molar-refractivity contribution in [1.82, 2.24) is 14.8 Å². The molecule has 0 saturated carbocycles. The second kappa shape index (κ2) is 5.66. The fourth-order valence-corrected chi connectivity index (χ4v) is 2.48. The molecule has 5 heteroatoms. The van der Waals surface area contributed by atoms with Gasteiger partial charge in [0.25, 0.3) is 0 Å². The molecule has 1 aromatic heterocycles. The van der Waals surface area contributed by atoms with E-state index in [2.05, 4.69) is 10.2 Å². The van der Waals surface area contributed by atoms with E-state index >= 15 is 0 Å². The molecule has 0 spiro atoms. The molecule has 0 unspecified atom stereocenters. The second-order valence-corrected chi connectivity index (χ2v) is 4.97. The van der Waals surface area contributed by atoms with Gasteiger partial charge in [-0.05, 0) is 42.8 Å². The minimum Gasteiger partial charge on any atom is -0.278 e. The normalized spacial score (nSPS) is 10.8. The number of hydrogen-bond donors (Lipinski definition) is 0. The summed E-state index contributed by atoms with van der Waals surface area (Å²) < 4.78 is 15.2. The summed E-state index contributed by atoms with van der Waals surface area (Å²) in [5, 5.41) is 8.37. The summed E-state index contributed by atoms with van der Waals surface area (Å²) in [5.74, 6) is 1.30. The molecule has 0 aliphatic rings. The van der Waals surface area contributed by atoms with Gasteiger partial charge in [-0.25, -0.2) is 4.39 Å². The van der Waals surface area contributed by atoms with Gasteiger partial charge in [-0.2, -0.15) is 0 Å². The molecular weight excluding hydrogens is 289 g/mol. The van der Waals surface area contributed by atoms with Crippen LogP contribution in [-0.4, -0.2) is 14.8 Å². The van der Waals surface area contributed by atoms with Gasteiger partial charge in [0.05, 0.1) is 5.88 Å². The number of halogens is 2. The molecule has 0 aliphatic carbocycles. The van der Waals surface area contributed by atoms with Crippen molar-refractivity contribution < 1.29 is 4.39 Å². The number of alkyl halides is 1. The Hall–Kier alpha value is -2.20. The van der Waals surface area contributed by atoms with E-state index in [1.54, 1.807) is 6.07 Å². The minimum absolute atomic E-state index is 0.252. The zero-order chi connectivity index (χ0) is 14.8. The number of hydrogen-bond acceptors (Lipinski definition) is 2. The molecule has 2 aromatic carbocycles. The zero-order valence-electron chi connectivity index (χ0n) is 11.4. The lowest BCUT2D eigenvalue weighted by atomic mass is 10.1. The standard InChI is InChI=1S/C16H13ClFN3/c1-11-9-12(18)7-8-14(11)16-20-19-15(10-17)21(16)13-5-3-2-4-6-13/h2-9H,10H2,1H3. The van der Waals surface area contributed by atoms with Crippen molar-refractivity contribution in [1.29, 1.82) is 0 Å². The molecule has 106 valence electrons. The van der Waals surface area contributed by atoms with Crippen molar-refractivity contribution in [2.75, 3.05) is 0 Å². The molecular formula is C16H13ClFN3. The smallest absolute Gasteiger partial charge is 0.168 e. The average Bonchev–Trinajstić information content (AvgIpc) is 2.92. The lowest BCUT2D eigenvalue weighted by Crippen LogP contribution is -2.02. The van der Waals surface area contributed by atoms with Crippen LogP contribution < -0.4 is 0 Å². The number of aromatic nitrogens is 3. The average molecular weight is 302 g/mol. The highest BCUT2D eigenvalue weighted by atomic mass is 35.5. The lowest BCUT2D eigenvalue weighted by Gasteiger charge is -2.11. The van der Waals surface area contributed by atoms with Gasteiger partial charge in [0.15, 0.2) is 11.6 Å². The van der Waals surface area contributed by atoms with Crippen LogP contribution in [0.2, 0.25) is 0 Å². The quantitative estimate of drug-likeness (QED) is 0.681. The van der Waals surface area contributed by atoms with Crippen molar-refractivity contribution in [3.05, 3.63) is 65.7 Å². The number of rotatable bonds is 3. The number of nitrogens with zero attached hydrogens (tertiary/aromatic N) is 3. The van der Waals surface area contributed by atoms with E-state index in [0.717, 1.165) is 16.8 Å². The van der Waals surface area contributed by atoms with Crippen molar-refractivity contribution in [2.45, 2.75) is 12.8 Å². The van der Waals surface area contributed by atoms with Crippen LogP contribution in [-0.2, 0) is 5.88 Å². The van der Waals surface area contributed by atoms with Gasteiger partial charge in [-0.15, -0.1) is 21.8 Å². The number of para-hydroxylation sites is 1. The first kappa shape index (κ1) is 13.8. The molecule has 0 amide bonds. The van der Waals surface area contributed by atoms with Crippen molar-refractivity contribution in [3.63, 3.8) is 0 Å². The zero-order valence-corrected chi connectivity index (χ0v) is 12.2. The van der Waals surface area contributed by atoms with Crippen LogP contribution in [0.25, 0.3) is 17.1 Å². The van der Waals surface area contributed by atoms with Crippen molar-refractivity contribution >= 4 is 11.6 Å². The Morgan fingerprint density at radius 1 is 1.10 bits per heavy atom. The maximum absolute atomic E-state index is 13.3. The first-order valence-corrected chi connectivity index (χ1v) is 7.06. The molecule has 0 radical (unpaired) electrons. The molecule has 3 nitrogen and oxygen atoms in total. The van der Waals surface area contributed by atoms with E-state index in [1.165, 1.54) is 12.1 Å². The van der Waals surface area contributed by atoms with E-state index in [-0.39, 0.29) is 11.7 Å². The first-order chi connectivity index (χ1) is 10.2. The van der Waals surface area contributed by atoms with E-state index in [0.29, 0.717) is 11.6 Å². The van der Waals surface area contributed by atoms with Crippen LogP contribution in [0.15, 0.2) is 48.5 Å². The minimum atomic E-state index is -0.264. The van der Waals surface area contributed by atoms with Crippen molar-refractivity contribution in [3.8, 4) is 17.1 Å². The van der Waals surface area contributed by atoms with Gasteiger partial charge < -0.3 is 0 Å². The first-order valence-electron chi connectivity index (χ1n) is 6.53. The molecule has 0 fully saturated rings. The summed E-state index contributed by atoms with van der Waals surface area (Å²) in [7, 11) is 0. The topological polar surface area (TPSA) is 30.7 Å². The largest absolute Gasteiger partial charge is 0.278 e. The highest BCUT2D eigenvalue weighted by Crippen LogP contribution is 2.26. The summed E-state index contributed by atoms with van der Waals surface area (Å²) in [5.41, 5.74) is 2.57. The second-order valence-electron chi connectivity index (χ2n) is 4.70. The highest BCUT2D eigenvalue weighted by Gasteiger charge is 2.16. The van der Waals surface area contributed by atoms with Crippen molar-refractivity contribution in [2.24, 2.45) is 0 Å². The predicted molar refractivity (Wildman–Crippen MR) is 81.0 cm³/mol. The molecule has 21 heavy (non-hydrogen) atoms. The molecule has 0 atom stereocenters. The third kappa shape index (κ3) is 2.54. The van der Waals surface area contributed by atoms with E-state index in [4.69, 9.17) is 11.6 Å². The Kier molecular flexibility index (Phi) is 3.71. The highest BCUT2D eigenvalue weighted by molar-refractivity contribution is 6.16. The van der Waals surface area contributed by atoms with E-state index < -0.39 is 0 Å². The SMILES string of the molecule is Cc1cc(F)ccc1-c1nnc(CCl)n1-c1ccccc1.